The van der Waals surface area contributed by atoms with Crippen LogP contribution in [-0.4, -0.2) is 36.1 Å². The highest BCUT2D eigenvalue weighted by atomic mass is 16.4. The molecule has 9 heteroatoms. The largest absolute Gasteiger partial charge is 0.480 e. The molecule has 20 heavy (non-hydrogen) atoms. The molecule has 2 rings (SSSR count). The third-order valence-corrected chi connectivity index (χ3v) is 3.50. The maximum Gasteiger partial charge on any atom is 0.348 e. The Labute approximate surface area is 112 Å². The molecule has 2 unspecified atom stereocenters. The Kier molecular flexibility index (Phi) is 3.51. The lowest BCUT2D eigenvalue weighted by molar-refractivity contribution is -0.142. The van der Waals surface area contributed by atoms with Gasteiger partial charge >= 0.3 is 23.3 Å². The molecule has 9 nitrogen and oxygen atoms in total. The van der Waals surface area contributed by atoms with E-state index in [0.717, 1.165) is 9.36 Å². The first-order valence-electron chi connectivity index (χ1n) is 6.29. The molecule has 0 fully saturated rings. The lowest BCUT2D eigenvalue weighted by Crippen LogP contribution is -2.38. The van der Waals surface area contributed by atoms with Gasteiger partial charge in [0.2, 0.25) is 0 Å². The summed E-state index contributed by atoms with van der Waals surface area (Å²) in [7, 11) is 0. The summed E-state index contributed by atoms with van der Waals surface area (Å²) in [5, 5.41) is 18.2. The minimum Gasteiger partial charge on any atom is -0.480 e. The zero-order valence-corrected chi connectivity index (χ0v) is 10.9. The molecule has 1 aliphatic rings. The van der Waals surface area contributed by atoms with Gasteiger partial charge in [-0.25, -0.2) is 33.1 Å². The molecule has 2 N–H and O–H groups in total. The van der Waals surface area contributed by atoms with Gasteiger partial charge < -0.3 is 10.2 Å². The number of hydrogen-bond acceptors (Lipinski definition) is 4. The summed E-state index contributed by atoms with van der Waals surface area (Å²) in [5.41, 5.74) is -1.65. The van der Waals surface area contributed by atoms with Gasteiger partial charge in [0.05, 0.1) is 0 Å². The standard InChI is InChI=1S/C11H15N3O6/c1-2-6(8(15)16)13-10(19)12-5-3-4-7(9(17)18)14(12)11(13)20/h6-7H,2-5H2,1H3,(H,15,16)(H,17,18). The highest BCUT2D eigenvalue weighted by Crippen LogP contribution is 2.18. The Hall–Kier alpha value is -2.32. The zero-order valence-electron chi connectivity index (χ0n) is 10.9. The second-order valence-electron chi connectivity index (χ2n) is 4.66. The maximum atomic E-state index is 12.2. The van der Waals surface area contributed by atoms with E-state index in [0.29, 0.717) is 11.0 Å². The predicted molar refractivity (Wildman–Crippen MR) is 65.8 cm³/mol. The van der Waals surface area contributed by atoms with Crippen LogP contribution >= 0.6 is 0 Å². The third kappa shape index (κ3) is 1.95. The van der Waals surface area contributed by atoms with Crippen molar-refractivity contribution >= 4 is 11.9 Å². The highest BCUT2D eigenvalue weighted by molar-refractivity contribution is 5.72. The van der Waals surface area contributed by atoms with Gasteiger partial charge in [0.15, 0.2) is 6.04 Å². The minimum absolute atomic E-state index is 0.0617. The fourth-order valence-corrected chi connectivity index (χ4v) is 2.54. The van der Waals surface area contributed by atoms with Gasteiger partial charge in [0.1, 0.15) is 6.04 Å². The Morgan fingerprint density at radius 1 is 1.30 bits per heavy atom. The number of fused-ring (bicyclic) bond motifs is 1. The van der Waals surface area contributed by atoms with Crippen LogP contribution in [0.1, 0.15) is 38.3 Å². The number of carbonyl (C=O) groups is 2. The number of aliphatic carboxylic acids is 2. The van der Waals surface area contributed by atoms with Crippen LogP contribution < -0.4 is 11.4 Å². The summed E-state index contributed by atoms with van der Waals surface area (Å²) >= 11 is 0. The van der Waals surface area contributed by atoms with Crippen molar-refractivity contribution in [1.82, 2.24) is 13.9 Å². The van der Waals surface area contributed by atoms with Crippen molar-refractivity contribution in [2.45, 2.75) is 44.8 Å². The van der Waals surface area contributed by atoms with E-state index in [-0.39, 0.29) is 19.4 Å². The van der Waals surface area contributed by atoms with E-state index in [1.165, 1.54) is 0 Å². The quantitative estimate of drug-likeness (QED) is 0.751. The van der Waals surface area contributed by atoms with Crippen molar-refractivity contribution in [2.75, 3.05) is 0 Å². The smallest absolute Gasteiger partial charge is 0.348 e. The van der Waals surface area contributed by atoms with Gasteiger partial charge in [-0.2, -0.15) is 0 Å². The fraction of sp³-hybridized carbons (Fsp3) is 0.636. The normalized spacial score (nSPS) is 19.4. The second kappa shape index (κ2) is 4.99. The number of carboxylic acids is 2. The molecule has 1 aromatic heterocycles. The predicted octanol–water partition coefficient (Wildman–Crippen LogP) is -0.733. The molecule has 0 aliphatic carbocycles. The van der Waals surface area contributed by atoms with E-state index in [1.807, 2.05) is 0 Å². The number of rotatable bonds is 4. The van der Waals surface area contributed by atoms with E-state index in [9.17, 15) is 19.2 Å². The molecule has 2 atom stereocenters. The van der Waals surface area contributed by atoms with Crippen LogP contribution in [0.3, 0.4) is 0 Å². The van der Waals surface area contributed by atoms with Gasteiger partial charge in [-0.15, -0.1) is 0 Å². The topological polar surface area (TPSA) is 124 Å². The molecule has 110 valence electrons. The second-order valence-corrected chi connectivity index (χ2v) is 4.66. The monoisotopic (exact) mass is 285 g/mol. The van der Waals surface area contributed by atoms with Crippen molar-refractivity contribution in [2.24, 2.45) is 0 Å². The molecule has 2 heterocycles. The minimum atomic E-state index is -1.29. The summed E-state index contributed by atoms with van der Waals surface area (Å²) in [6, 6.07) is -2.41. The van der Waals surface area contributed by atoms with Crippen molar-refractivity contribution in [3.63, 3.8) is 0 Å². The van der Waals surface area contributed by atoms with Crippen LogP contribution in [0.15, 0.2) is 9.59 Å². The molecular weight excluding hydrogens is 270 g/mol. The molecule has 0 saturated carbocycles. The summed E-state index contributed by atoms with van der Waals surface area (Å²) in [5.74, 6) is -2.50. The average molecular weight is 285 g/mol. The lowest BCUT2D eigenvalue weighted by atomic mass is 10.1. The van der Waals surface area contributed by atoms with Crippen molar-refractivity contribution < 1.29 is 19.8 Å². The summed E-state index contributed by atoms with van der Waals surface area (Å²) in [4.78, 5) is 46.7. The van der Waals surface area contributed by atoms with Crippen LogP contribution in [0.4, 0.5) is 0 Å². The fourth-order valence-electron chi connectivity index (χ4n) is 2.54. The Bertz CT molecular complexity index is 667. The van der Waals surface area contributed by atoms with Crippen molar-refractivity contribution in [3.05, 3.63) is 21.0 Å². The molecule has 0 aromatic carbocycles. The van der Waals surface area contributed by atoms with Gasteiger partial charge in [-0.1, -0.05) is 6.92 Å². The van der Waals surface area contributed by atoms with Crippen LogP contribution in [0.2, 0.25) is 0 Å². The van der Waals surface area contributed by atoms with Crippen LogP contribution in [-0.2, 0) is 16.1 Å². The van der Waals surface area contributed by atoms with Crippen molar-refractivity contribution in [1.29, 1.82) is 0 Å². The van der Waals surface area contributed by atoms with Gasteiger partial charge in [0, 0.05) is 6.54 Å². The molecule has 1 aliphatic heterocycles. The van der Waals surface area contributed by atoms with E-state index in [1.54, 1.807) is 6.92 Å². The summed E-state index contributed by atoms with van der Waals surface area (Å²) in [6.07, 6.45) is 0.749. The first kappa shape index (κ1) is 14.1. The summed E-state index contributed by atoms with van der Waals surface area (Å²) in [6.45, 7) is 1.75. The van der Waals surface area contributed by atoms with Gasteiger partial charge in [-0.3, -0.25) is 0 Å². The van der Waals surface area contributed by atoms with Gasteiger partial charge in [-0.05, 0) is 19.3 Å². The lowest BCUT2D eigenvalue weighted by Gasteiger charge is -2.21. The van der Waals surface area contributed by atoms with Crippen LogP contribution in [0.25, 0.3) is 0 Å². The Balaban J connectivity index is 2.70. The molecule has 0 amide bonds. The third-order valence-electron chi connectivity index (χ3n) is 3.50. The first-order chi connectivity index (χ1) is 9.40. The van der Waals surface area contributed by atoms with Crippen LogP contribution in [0.5, 0.6) is 0 Å². The first-order valence-corrected chi connectivity index (χ1v) is 6.29. The van der Waals surface area contributed by atoms with Crippen LogP contribution in [0, 0.1) is 0 Å². The molecule has 0 bridgehead atoms. The zero-order chi connectivity index (χ0) is 15.0. The highest BCUT2D eigenvalue weighted by Gasteiger charge is 2.34. The van der Waals surface area contributed by atoms with E-state index < -0.39 is 35.4 Å². The molecule has 0 spiro atoms. The molecule has 1 aromatic rings. The summed E-state index contributed by atoms with van der Waals surface area (Å²) < 4.78 is 2.51. The van der Waals surface area contributed by atoms with Gasteiger partial charge in [0.25, 0.3) is 0 Å². The Morgan fingerprint density at radius 2 is 1.95 bits per heavy atom. The van der Waals surface area contributed by atoms with E-state index in [4.69, 9.17) is 10.2 Å². The van der Waals surface area contributed by atoms with E-state index in [2.05, 4.69) is 0 Å². The number of aromatic nitrogens is 3. The number of carboxylic acid groups (broad SMARTS) is 2. The SMILES string of the molecule is CCC(C(=O)O)n1c(=O)n2n(c1=O)C(C(=O)O)CCC2. The maximum absolute atomic E-state index is 12.2. The number of hydrogen-bond donors (Lipinski definition) is 2. The molecular formula is C11H15N3O6. The Morgan fingerprint density at radius 3 is 2.45 bits per heavy atom. The molecule has 0 radical (unpaired) electrons. The molecule has 0 saturated heterocycles. The van der Waals surface area contributed by atoms with Crippen molar-refractivity contribution in [3.8, 4) is 0 Å². The van der Waals surface area contributed by atoms with E-state index >= 15 is 0 Å². The average Bonchev–Trinajstić information content (AvgIpc) is 2.64. The number of nitrogens with zero attached hydrogens (tertiary/aromatic N) is 3.